The minimum absolute atomic E-state index is 0.569. The SMILES string of the molecule is c1ccc2c(c1)sc1cc(N(c3ccc4c(c3)sc3ccccc34)c3nc(-c4ccc5sc6ccccc6c5c4)nc(-c4cccc5c4sc4ccccc45)n3)ccc12. The lowest BCUT2D eigenvalue weighted by molar-refractivity contribution is 1.03. The molecule has 8 aromatic carbocycles. The van der Waals surface area contributed by atoms with Gasteiger partial charge in [0.2, 0.25) is 5.95 Å². The third-order valence-electron chi connectivity index (χ3n) is 11.3. The number of benzene rings is 8. The highest BCUT2D eigenvalue weighted by Gasteiger charge is 2.23. The number of nitrogens with zero attached hydrogens (tertiary/aromatic N) is 4. The van der Waals surface area contributed by atoms with Crippen molar-refractivity contribution in [2.24, 2.45) is 0 Å². The average Bonchev–Trinajstić information content (AvgIpc) is 4.05. The van der Waals surface area contributed by atoms with Gasteiger partial charge in [-0.1, -0.05) is 97.1 Å². The molecule has 0 aliphatic heterocycles. The van der Waals surface area contributed by atoms with E-state index in [1.165, 1.54) is 80.7 Å². The van der Waals surface area contributed by atoms with E-state index in [1.807, 2.05) is 34.0 Å². The Hall–Kier alpha value is -6.55. The van der Waals surface area contributed by atoms with Crippen molar-refractivity contribution in [3.8, 4) is 22.8 Å². The fraction of sp³-hybridized carbons (Fsp3) is 0. The average molecular weight is 825 g/mol. The first-order chi connectivity index (χ1) is 29.2. The predicted octanol–water partition coefficient (Wildman–Crippen LogP) is 16.1. The molecular weight excluding hydrogens is 797 g/mol. The Morgan fingerprint density at radius 2 is 0.797 bits per heavy atom. The van der Waals surface area contributed by atoms with Gasteiger partial charge >= 0.3 is 0 Å². The lowest BCUT2D eigenvalue weighted by Gasteiger charge is -2.24. The molecule has 5 heterocycles. The summed E-state index contributed by atoms with van der Waals surface area (Å²) in [6, 6.07) is 61.3. The van der Waals surface area contributed by atoms with Crippen LogP contribution in [0.2, 0.25) is 0 Å². The molecule has 0 unspecified atom stereocenters. The van der Waals surface area contributed by atoms with Crippen LogP contribution in [0.25, 0.3) is 103 Å². The molecule has 0 spiro atoms. The quantitative estimate of drug-likeness (QED) is 0.173. The normalized spacial score (nSPS) is 12.1. The van der Waals surface area contributed by atoms with E-state index in [2.05, 4.69) is 175 Å². The smallest absolute Gasteiger partial charge is 0.238 e. The van der Waals surface area contributed by atoms with E-state index in [-0.39, 0.29) is 0 Å². The molecule has 0 radical (unpaired) electrons. The van der Waals surface area contributed by atoms with Crippen molar-refractivity contribution >= 4 is 143 Å². The van der Waals surface area contributed by atoms with Gasteiger partial charge in [-0.3, -0.25) is 4.90 Å². The van der Waals surface area contributed by atoms with Gasteiger partial charge in [0.25, 0.3) is 0 Å². The van der Waals surface area contributed by atoms with E-state index in [4.69, 9.17) is 15.0 Å². The van der Waals surface area contributed by atoms with Crippen molar-refractivity contribution < 1.29 is 0 Å². The summed E-state index contributed by atoms with van der Waals surface area (Å²) in [6.45, 7) is 0. The van der Waals surface area contributed by atoms with E-state index in [1.54, 1.807) is 11.3 Å². The van der Waals surface area contributed by atoms with E-state index in [0.29, 0.717) is 17.6 Å². The number of rotatable bonds is 5. The van der Waals surface area contributed by atoms with Crippen LogP contribution in [0.4, 0.5) is 17.3 Å². The highest BCUT2D eigenvalue weighted by molar-refractivity contribution is 7.27. The second kappa shape index (κ2) is 13.0. The maximum absolute atomic E-state index is 5.47. The number of fused-ring (bicyclic) bond motifs is 12. The van der Waals surface area contributed by atoms with Crippen LogP contribution < -0.4 is 4.90 Å². The molecule has 276 valence electrons. The predicted molar refractivity (Wildman–Crippen MR) is 257 cm³/mol. The van der Waals surface area contributed by atoms with Gasteiger partial charge in [-0.15, -0.1) is 45.3 Å². The molecule has 0 bridgehead atoms. The van der Waals surface area contributed by atoms with Crippen LogP contribution >= 0.6 is 45.3 Å². The van der Waals surface area contributed by atoms with Gasteiger partial charge in [-0.05, 0) is 72.8 Å². The molecule has 4 nitrogen and oxygen atoms in total. The number of hydrogen-bond donors (Lipinski definition) is 0. The van der Waals surface area contributed by atoms with Crippen LogP contribution in [0.5, 0.6) is 0 Å². The molecule has 13 rings (SSSR count). The molecule has 0 N–H and O–H groups in total. The molecule has 0 saturated carbocycles. The van der Waals surface area contributed by atoms with Crippen LogP contribution in [0.1, 0.15) is 0 Å². The summed E-state index contributed by atoms with van der Waals surface area (Å²) < 4.78 is 9.91. The first-order valence-corrected chi connectivity index (χ1v) is 22.7. The van der Waals surface area contributed by atoms with Crippen LogP contribution in [-0.4, -0.2) is 15.0 Å². The highest BCUT2D eigenvalue weighted by Crippen LogP contribution is 2.45. The fourth-order valence-electron chi connectivity index (χ4n) is 8.59. The minimum Gasteiger partial charge on any atom is -0.279 e. The number of thiophene rings is 4. The lowest BCUT2D eigenvalue weighted by atomic mass is 10.1. The highest BCUT2D eigenvalue weighted by atomic mass is 32.1. The summed E-state index contributed by atoms with van der Waals surface area (Å²) in [5, 5.41) is 9.95. The van der Waals surface area contributed by atoms with Crippen LogP contribution in [0.3, 0.4) is 0 Å². The third-order valence-corrected chi connectivity index (χ3v) is 16.0. The van der Waals surface area contributed by atoms with Crippen LogP contribution in [-0.2, 0) is 0 Å². The van der Waals surface area contributed by atoms with Crippen LogP contribution in [0.15, 0.2) is 170 Å². The number of aromatic nitrogens is 3. The number of anilines is 3. The Morgan fingerprint density at radius 3 is 1.42 bits per heavy atom. The molecule has 5 aromatic heterocycles. The zero-order valence-electron chi connectivity index (χ0n) is 31.1. The summed E-state index contributed by atoms with van der Waals surface area (Å²) in [4.78, 5) is 18.5. The zero-order valence-corrected chi connectivity index (χ0v) is 34.4. The maximum atomic E-state index is 5.47. The first-order valence-electron chi connectivity index (χ1n) is 19.4. The molecule has 0 atom stereocenters. The van der Waals surface area contributed by atoms with Crippen LogP contribution in [0, 0.1) is 0 Å². The Bertz CT molecular complexity index is 3720. The van der Waals surface area contributed by atoms with Gasteiger partial charge in [0.15, 0.2) is 11.6 Å². The first kappa shape index (κ1) is 33.4. The van der Waals surface area contributed by atoms with Gasteiger partial charge in [-0.2, -0.15) is 9.97 Å². The molecule has 0 aliphatic carbocycles. The Kier molecular flexibility index (Phi) is 7.35. The zero-order chi connectivity index (χ0) is 38.6. The van der Waals surface area contributed by atoms with Gasteiger partial charge in [0.05, 0.1) is 11.4 Å². The van der Waals surface area contributed by atoms with Crippen molar-refractivity contribution in [1.82, 2.24) is 15.0 Å². The van der Waals surface area contributed by atoms with Crippen molar-refractivity contribution in [3.63, 3.8) is 0 Å². The Balaban J connectivity index is 1.09. The second-order valence-corrected chi connectivity index (χ2v) is 19.1. The lowest BCUT2D eigenvalue weighted by Crippen LogP contribution is -2.15. The van der Waals surface area contributed by atoms with Crippen molar-refractivity contribution in [1.29, 1.82) is 0 Å². The fourth-order valence-corrected chi connectivity index (χ4v) is 13.2. The minimum atomic E-state index is 0.569. The molecular formula is C51H28N4S4. The number of hydrogen-bond acceptors (Lipinski definition) is 8. The summed E-state index contributed by atoms with van der Waals surface area (Å²) >= 11 is 7.25. The van der Waals surface area contributed by atoms with Gasteiger partial charge < -0.3 is 0 Å². The molecule has 0 fully saturated rings. The van der Waals surface area contributed by atoms with E-state index in [0.717, 1.165) is 22.5 Å². The summed E-state index contributed by atoms with van der Waals surface area (Å²) in [5.41, 5.74) is 3.93. The monoisotopic (exact) mass is 824 g/mol. The maximum Gasteiger partial charge on any atom is 0.238 e. The Morgan fingerprint density at radius 1 is 0.322 bits per heavy atom. The molecule has 13 aromatic rings. The third kappa shape index (κ3) is 5.27. The molecule has 0 aliphatic rings. The van der Waals surface area contributed by atoms with Gasteiger partial charge in [-0.25, -0.2) is 4.98 Å². The second-order valence-electron chi connectivity index (χ2n) is 14.8. The standard InChI is InChI=1S/C51H28N4S4/c1-5-16-41-32(10-1)36-23-21-30(27-46(36)57-41)55(31-22-24-37-33-11-2-6-17-42(33)58-47(37)28-31)51-53-49(29-20-25-45-40(26-29)35-13-4-7-18-43(35)56-45)52-50(54-51)39-15-9-14-38-34-12-3-8-19-44(34)59-48(38)39/h1-28H. The van der Waals surface area contributed by atoms with Gasteiger partial charge in [0.1, 0.15) is 0 Å². The van der Waals surface area contributed by atoms with E-state index in [9.17, 15) is 0 Å². The molecule has 59 heavy (non-hydrogen) atoms. The van der Waals surface area contributed by atoms with Gasteiger partial charge in [0, 0.05) is 91.8 Å². The largest absolute Gasteiger partial charge is 0.279 e. The van der Waals surface area contributed by atoms with Crippen molar-refractivity contribution in [2.45, 2.75) is 0 Å². The molecule has 8 heteroatoms. The summed E-state index contributed by atoms with van der Waals surface area (Å²) in [5.74, 6) is 1.85. The Labute approximate surface area is 353 Å². The van der Waals surface area contributed by atoms with E-state index >= 15 is 0 Å². The topological polar surface area (TPSA) is 41.9 Å². The molecule has 0 amide bonds. The van der Waals surface area contributed by atoms with Crippen molar-refractivity contribution in [3.05, 3.63) is 170 Å². The van der Waals surface area contributed by atoms with Crippen molar-refractivity contribution in [2.75, 3.05) is 4.90 Å². The molecule has 0 saturated heterocycles. The van der Waals surface area contributed by atoms with E-state index < -0.39 is 0 Å². The summed E-state index contributed by atoms with van der Waals surface area (Å²) in [6.07, 6.45) is 0. The summed E-state index contributed by atoms with van der Waals surface area (Å²) in [7, 11) is 0.